The van der Waals surface area contributed by atoms with Crippen LogP contribution in [0.3, 0.4) is 0 Å². The Bertz CT molecular complexity index is 599. The molecule has 0 aromatic heterocycles. The minimum absolute atomic E-state index is 0.0565. The first-order chi connectivity index (χ1) is 10.0. The summed E-state index contributed by atoms with van der Waals surface area (Å²) in [7, 11) is 0. The molecule has 1 aliphatic heterocycles. The summed E-state index contributed by atoms with van der Waals surface area (Å²) < 4.78 is 0. The lowest BCUT2D eigenvalue weighted by Crippen LogP contribution is -2.62. The van der Waals surface area contributed by atoms with Gasteiger partial charge < -0.3 is 4.90 Å². The average molecular weight is 290 g/mol. The predicted octanol–water partition coefficient (Wildman–Crippen LogP) is 2.44. The van der Waals surface area contributed by atoms with Crippen molar-refractivity contribution in [1.82, 2.24) is 0 Å². The summed E-state index contributed by atoms with van der Waals surface area (Å²) in [4.78, 5) is 37.6. The van der Waals surface area contributed by atoms with E-state index in [9.17, 15) is 19.7 Å². The number of fused-ring (bicyclic) bond motifs is 1. The van der Waals surface area contributed by atoms with Crippen molar-refractivity contribution in [3.63, 3.8) is 0 Å². The zero-order valence-corrected chi connectivity index (χ0v) is 12.2. The number of hydrogen-bond donors (Lipinski definition) is 0. The highest BCUT2D eigenvalue weighted by atomic mass is 16.6. The topological polar surface area (TPSA) is 80.5 Å². The summed E-state index contributed by atoms with van der Waals surface area (Å²) in [5, 5.41) is 11.6. The molecule has 0 spiro atoms. The van der Waals surface area contributed by atoms with E-state index in [1.54, 1.807) is 31.2 Å². The number of benzene rings is 1. The van der Waals surface area contributed by atoms with Crippen LogP contribution in [0.2, 0.25) is 0 Å². The van der Waals surface area contributed by atoms with Crippen LogP contribution in [0.1, 0.15) is 43.5 Å². The van der Waals surface area contributed by atoms with Crippen molar-refractivity contribution in [1.29, 1.82) is 0 Å². The minimum Gasteiger partial charge on any atom is -0.305 e. The van der Waals surface area contributed by atoms with Crippen LogP contribution in [0.15, 0.2) is 24.3 Å². The van der Waals surface area contributed by atoms with Gasteiger partial charge in [-0.1, -0.05) is 25.5 Å². The van der Waals surface area contributed by atoms with Gasteiger partial charge in [0.05, 0.1) is 5.69 Å². The molecule has 6 nitrogen and oxygen atoms in total. The Morgan fingerprint density at radius 2 is 1.90 bits per heavy atom. The molecule has 0 N–H and O–H groups in total. The van der Waals surface area contributed by atoms with Crippen molar-refractivity contribution in [2.24, 2.45) is 0 Å². The van der Waals surface area contributed by atoms with Crippen LogP contribution in [0, 0.1) is 10.1 Å². The second-order valence-electron chi connectivity index (χ2n) is 5.12. The SMILES string of the molecule is CCCCC1([N+](=O)[O-])C(=O)c2ccccc2N(CC)C1=O. The number of amides is 1. The van der Waals surface area contributed by atoms with Gasteiger partial charge in [0.25, 0.3) is 5.78 Å². The fourth-order valence-electron chi connectivity index (χ4n) is 2.77. The number of carbonyl (C=O) groups is 2. The van der Waals surface area contributed by atoms with Crippen molar-refractivity contribution in [2.45, 2.75) is 38.6 Å². The van der Waals surface area contributed by atoms with Gasteiger partial charge in [0.15, 0.2) is 0 Å². The molecule has 1 aliphatic rings. The molecule has 112 valence electrons. The number of Topliss-reactive ketones (excluding diaryl/α,β-unsaturated/α-hetero) is 1. The Labute approximate surface area is 122 Å². The van der Waals surface area contributed by atoms with Crippen LogP contribution in [0.5, 0.6) is 0 Å². The Hall–Kier alpha value is -2.24. The minimum atomic E-state index is -2.17. The van der Waals surface area contributed by atoms with Gasteiger partial charge in [-0.05, 0) is 25.5 Å². The largest absolute Gasteiger partial charge is 0.360 e. The molecule has 0 aliphatic carbocycles. The molecule has 0 saturated carbocycles. The third-order valence-corrected chi connectivity index (χ3v) is 3.93. The van der Waals surface area contributed by atoms with E-state index in [-0.39, 0.29) is 12.0 Å². The zero-order valence-electron chi connectivity index (χ0n) is 12.2. The van der Waals surface area contributed by atoms with E-state index in [4.69, 9.17) is 0 Å². The van der Waals surface area contributed by atoms with Crippen molar-refractivity contribution in [2.75, 3.05) is 11.4 Å². The molecule has 0 bridgehead atoms. The number of nitro groups is 1. The highest BCUT2D eigenvalue weighted by Gasteiger charge is 2.62. The molecule has 1 amide bonds. The van der Waals surface area contributed by atoms with E-state index in [0.29, 0.717) is 25.1 Å². The van der Waals surface area contributed by atoms with E-state index >= 15 is 0 Å². The van der Waals surface area contributed by atoms with Crippen LogP contribution in [0.25, 0.3) is 0 Å². The highest BCUT2D eigenvalue weighted by molar-refractivity contribution is 6.27. The summed E-state index contributed by atoms with van der Waals surface area (Å²) in [6, 6.07) is 6.58. The molecule has 1 aromatic carbocycles. The number of ketones is 1. The Kier molecular flexibility index (Phi) is 4.06. The lowest BCUT2D eigenvalue weighted by molar-refractivity contribution is -0.534. The first-order valence-corrected chi connectivity index (χ1v) is 7.11. The highest BCUT2D eigenvalue weighted by Crippen LogP contribution is 2.37. The van der Waals surface area contributed by atoms with Crippen molar-refractivity contribution in [3.8, 4) is 0 Å². The summed E-state index contributed by atoms with van der Waals surface area (Å²) in [5.41, 5.74) is -1.45. The Balaban J connectivity index is 2.65. The molecule has 0 radical (unpaired) electrons. The monoisotopic (exact) mass is 290 g/mol. The molecule has 1 atom stereocenters. The number of anilines is 1. The number of unbranched alkanes of at least 4 members (excludes halogenated alkanes) is 1. The van der Waals surface area contributed by atoms with Gasteiger partial charge in [-0.25, -0.2) is 0 Å². The van der Waals surface area contributed by atoms with Crippen molar-refractivity contribution < 1.29 is 14.5 Å². The maximum Gasteiger partial charge on any atom is 0.360 e. The van der Waals surface area contributed by atoms with Crippen LogP contribution in [-0.2, 0) is 4.79 Å². The molecular weight excluding hydrogens is 272 g/mol. The normalized spacial score (nSPS) is 21.3. The lowest BCUT2D eigenvalue weighted by Gasteiger charge is -2.35. The number of hydrogen-bond acceptors (Lipinski definition) is 4. The molecule has 6 heteroatoms. The Morgan fingerprint density at radius 1 is 1.24 bits per heavy atom. The van der Waals surface area contributed by atoms with Gasteiger partial charge in [-0.2, -0.15) is 0 Å². The molecule has 2 rings (SSSR count). The van der Waals surface area contributed by atoms with Gasteiger partial charge in [0.1, 0.15) is 0 Å². The number of carbonyl (C=O) groups excluding carboxylic acids is 2. The van der Waals surface area contributed by atoms with Crippen molar-refractivity contribution in [3.05, 3.63) is 39.9 Å². The van der Waals surface area contributed by atoms with Crippen molar-refractivity contribution >= 4 is 17.4 Å². The second kappa shape index (κ2) is 5.63. The molecule has 0 saturated heterocycles. The van der Waals surface area contributed by atoms with E-state index in [1.165, 1.54) is 4.90 Å². The first-order valence-electron chi connectivity index (χ1n) is 7.11. The molecule has 1 unspecified atom stereocenters. The smallest absolute Gasteiger partial charge is 0.305 e. The summed E-state index contributed by atoms with van der Waals surface area (Å²) in [5.74, 6) is -1.40. The molecule has 0 fully saturated rings. The van der Waals surface area contributed by atoms with Crippen LogP contribution in [0.4, 0.5) is 5.69 Å². The summed E-state index contributed by atoms with van der Waals surface area (Å²) in [6.45, 7) is 3.91. The van der Waals surface area contributed by atoms with Gasteiger partial charge in [-0.15, -0.1) is 0 Å². The number of likely N-dealkylation sites (N-methyl/N-ethyl adjacent to an activating group) is 1. The van der Waals surface area contributed by atoms with E-state index in [1.807, 2.05) is 6.92 Å². The Morgan fingerprint density at radius 3 is 2.48 bits per heavy atom. The van der Waals surface area contributed by atoms with Gasteiger partial charge in [0.2, 0.25) is 0 Å². The van der Waals surface area contributed by atoms with Gasteiger partial charge in [0, 0.05) is 23.5 Å². The van der Waals surface area contributed by atoms with Gasteiger partial charge in [-0.3, -0.25) is 19.7 Å². The lowest BCUT2D eigenvalue weighted by atomic mass is 9.80. The standard InChI is InChI=1S/C15H18N2O4/c1-3-5-10-15(17(20)21)13(18)11-8-6-7-9-12(11)16(4-2)14(15)19/h6-9H,3-5,10H2,1-2H3. The molecule has 1 heterocycles. The number of nitrogens with zero attached hydrogens (tertiary/aromatic N) is 2. The zero-order chi connectivity index (χ0) is 15.6. The second-order valence-corrected chi connectivity index (χ2v) is 5.12. The molecule has 1 aromatic rings. The number of para-hydroxylation sites is 1. The third-order valence-electron chi connectivity index (χ3n) is 3.93. The van der Waals surface area contributed by atoms with Crippen LogP contribution >= 0.6 is 0 Å². The number of rotatable bonds is 5. The van der Waals surface area contributed by atoms with E-state index in [0.717, 1.165) is 0 Å². The molecular formula is C15H18N2O4. The van der Waals surface area contributed by atoms with Gasteiger partial charge >= 0.3 is 11.4 Å². The average Bonchev–Trinajstić information content (AvgIpc) is 2.48. The fourth-order valence-corrected chi connectivity index (χ4v) is 2.77. The summed E-state index contributed by atoms with van der Waals surface area (Å²) in [6.07, 6.45) is 1.08. The van der Waals surface area contributed by atoms with E-state index < -0.39 is 22.2 Å². The fraction of sp³-hybridized carbons (Fsp3) is 0.467. The third kappa shape index (κ3) is 2.11. The summed E-state index contributed by atoms with van der Waals surface area (Å²) >= 11 is 0. The molecule has 21 heavy (non-hydrogen) atoms. The van der Waals surface area contributed by atoms with E-state index in [2.05, 4.69) is 0 Å². The maximum atomic E-state index is 12.7. The van der Waals surface area contributed by atoms with Crippen LogP contribution in [-0.4, -0.2) is 28.7 Å². The predicted molar refractivity (Wildman–Crippen MR) is 78.0 cm³/mol. The van der Waals surface area contributed by atoms with Crippen LogP contribution < -0.4 is 4.90 Å². The quantitative estimate of drug-likeness (QED) is 0.474. The first kappa shape index (κ1) is 15.2. The maximum absolute atomic E-state index is 12.7.